The van der Waals surface area contributed by atoms with E-state index in [1.54, 1.807) is 26.8 Å². The zero-order chi connectivity index (χ0) is 14.6. The van der Waals surface area contributed by atoms with Crippen LogP contribution in [-0.4, -0.2) is 22.8 Å². The van der Waals surface area contributed by atoms with Crippen molar-refractivity contribution in [2.24, 2.45) is 0 Å². The third-order valence-electron chi connectivity index (χ3n) is 2.01. The summed E-state index contributed by atoms with van der Waals surface area (Å²) in [6.07, 6.45) is -0.810. The van der Waals surface area contributed by atoms with Crippen molar-refractivity contribution in [1.29, 1.82) is 0 Å². The lowest BCUT2D eigenvalue weighted by molar-refractivity contribution is -0.137. The molecule has 1 amide bonds. The van der Waals surface area contributed by atoms with Crippen LogP contribution in [0.3, 0.4) is 0 Å². The molecule has 0 unspecified atom stereocenters. The smallest absolute Gasteiger partial charge is 0.408 e. The van der Waals surface area contributed by atoms with E-state index in [0.29, 0.717) is 0 Å². The maximum absolute atomic E-state index is 11.7. The summed E-state index contributed by atoms with van der Waals surface area (Å²) < 4.78 is 6.01. The van der Waals surface area contributed by atoms with Crippen LogP contribution in [0.25, 0.3) is 0 Å². The summed E-state index contributed by atoms with van der Waals surface area (Å²) in [5.41, 5.74) is -0.617. The molecule has 1 atom stereocenters. The molecule has 5 nitrogen and oxygen atoms in total. The monoisotopic (exact) mass is 349 g/mol. The first-order chi connectivity index (χ1) is 8.67. The highest BCUT2D eigenvalue weighted by molar-refractivity contribution is 9.11. The zero-order valence-electron chi connectivity index (χ0n) is 10.9. The number of carbonyl (C=O) groups excluding carboxylic acids is 1. The number of thiophene rings is 1. The van der Waals surface area contributed by atoms with Crippen LogP contribution in [0.1, 0.15) is 38.1 Å². The van der Waals surface area contributed by atoms with Crippen LogP contribution in [0.2, 0.25) is 0 Å². The van der Waals surface area contributed by atoms with Crippen molar-refractivity contribution in [2.75, 3.05) is 0 Å². The first-order valence-electron chi connectivity index (χ1n) is 5.64. The summed E-state index contributed by atoms with van der Waals surface area (Å²) in [5, 5.41) is 11.5. The first kappa shape index (κ1) is 16.0. The minimum atomic E-state index is -0.981. The molecule has 0 aliphatic rings. The van der Waals surface area contributed by atoms with E-state index in [1.165, 1.54) is 11.3 Å². The molecular formula is C12H16BrNO4S. The molecule has 0 saturated carbocycles. The van der Waals surface area contributed by atoms with E-state index in [1.807, 2.05) is 6.07 Å². The Morgan fingerprint density at radius 3 is 2.53 bits per heavy atom. The number of carbonyl (C=O) groups is 2. The Labute approximate surface area is 124 Å². The van der Waals surface area contributed by atoms with E-state index in [-0.39, 0.29) is 6.42 Å². The Balaban J connectivity index is 2.76. The summed E-state index contributed by atoms with van der Waals surface area (Å²) in [4.78, 5) is 23.3. The highest BCUT2D eigenvalue weighted by Crippen LogP contribution is 2.29. The van der Waals surface area contributed by atoms with Crippen molar-refractivity contribution in [2.45, 2.75) is 38.8 Å². The lowest BCUT2D eigenvalue weighted by atomic mass is 10.1. The van der Waals surface area contributed by atoms with Crippen LogP contribution >= 0.6 is 27.3 Å². The second-order valence-corrected chi connectivity index (χ2v) is 7.43. The molecule has 0 aliphatic carbocycles. The van der Waals surface area contributed by atoms with Crippen molar-refractivity contribution in [3.8, 4) is 0 Å². The third kappa shape index (κ3) is 6.07. The van der Waals surface area contributed by atoms with E-state index in [9.17, 15) is 9.59 Å². The molecule has 0 spiro atoms. The van der Waals surface area contributed by atoms with Gasteiger partial charge in [-0.2, -0.15) is 0 Å². The van der Waals surface area contributed by atoms with Gasteiger partial charge in [-0.25, -0.2) is 4.79 Å². The molecular weight excluding hydrogens is 334 g/mol. The Morgan fingerprint density at radius 1 is 1.47 bits per heavy atom. The summed E-state index contributed by atoms with van der Waals surface area (Å²) in [7, 11) is 0. The number of rotatable bonds is 4. The van der Waals surface area contributed by atoms with Crippen LogP contribution in [-0.2, 0) is 9.53 Å². The van der Waals surface area contributed by atoms with Gasteiger partial charge in [0.15, 0.2) is 0 Å². The molecule has 7 heteroatoms. The SMILES string of the molecule is CC(C)(C)OC(=O)N[C@H](CC(=O)O)c1ccc(Br)s1. The molecule has 1 heterocycles. The number of hydrogen-bond acceptors (Lipinski definition) is 4. The molecule has 0 saturated heterocycles. The fourth-order valence-electron chi connectivity index (χ4n) is 1.36. The van der Waals surface area contributed by atoms with Gasteiger partial charge in [-0.1, -0.05) is 0 Å². The van der Waals surface area contributed by atoms with Gasteiger partial charge in [-0.05, 0) is 48.8 Å². The predicted molar refractivity (Wildman–Crippen MR) is 76.4 cm³/mol. The zero-order valence-corrected chi connectivity index (χ0v) is 13.3. The van der Waals surface area contributed by atoms with E-state index in [2.05, 4.69) is 21.2 Å². The number of hydrogen-bond donors (Lipinski definition) is 2. The highest BCUT2D eigenvalue weighted by Gasteiger charge is 2.23. The molecule has 1 aromatic rings. The van der Waals surface area contributed by atoms with Crippen molar-refractivity contribution in [3.63, 3.8) is 0 Å². The number of amides is 1. The predicted octanol–water partition coefficient (Wildman–Crippen LogP) is 3.55. The van der Waals surface area contributed by atoms with Gasteiger partial charge in [0.25, 0.3) is 0 Å². The van der Waals surface area contributed by atoms with Gasteiger partial charge in [-0.15, -0.1) is 11.3 Å². The molecule has 106 valence electrons. The van der Waals surface area contributed by atoms with E-state index in [0.717, 1.165) is 8.66 Å². The topological polar surface area (TPSA) is 75.6 Å². The van der Waals surface area contributed by atoms with E-state index < -0.39 is 23.7 Å². The average molecular weight is 350 g/mol. The highest BCUT2D eigenvalue weighted by atomic mass is 79.9. The third-order valence-corrected chi connectivity index (χ3v) is 3.74. The van der Waals surface area contributed by atoms with Gasteiger partial charge in [-0.3, -0.25) is 4.79 Å². The van der Waals surface area contributed by atoms with Crippen LogP contribution < -0.4 is 5.32 Å². The van der Waals surface area contributed by atoms with Crippen molar-refractivity contribution in [1.82, 2.24) is 5.32 Å². The van der Waals surface area contributed by atoms with Crippen molar-refractivity contribution < 1.29 is 19.4 Å². The van der Waals surface area contributed by atoms with Crippen LogP contribution in [0.15, 0.2) is 15.9 Å². The van der Waals surface area contributed by atoms with Crippen molar-refractivity contribution in [3.05, 3.63) is 20.8 Å². The molecule has 0 bridgehead atoms. The second-order valence-electron chi connectivity index (χ2n) is 4.94. The number of halogens is 1. The van der Waals surface area contributed by atoms with Gasteiger partial charge in [0.1, 0.15) is 5.60 Å². The number of alkyl carbamates (subject to hydrolysis) is 1. The van der Waals surface area contributed by atoms with Crippen LogP contribution in [0.5, 0.6) is 0 Å². The van der Waals surface area contributed by atoms with Crippen LogP contribution in [0, 0.1) is 0 Å². The molecule has 0 radical (unpaired) electrons. The normalized spacial score (nSPS) is 12.8. The Hall–Kier alpha value is -1.08. The molecule has 1 aromatic heterocycles. The van der Waals surface area contributed by atoms with Gasteiger partial charge in [0.05, 0.1) is 16.2 Å². The molecule has 0 aromatic carbocycles. The summed E-state index contributed by atoms with van der Waals surface area (Å²) >= 11 is 4.69. The van der Waals surface area contributed by atoms with E-state index in [4.69, 9.17) is 9.84 Å². The molecule has 0 aliphatic heterocycles. The van der Waals surface area contributed by atoms with Gasteiger partial charge in [0.2, 0.25) is 0 Å². The summed E-state index contributed by atoms with van der Waals surface area (Å²) in [6.45, 7) is 5.25. The summed E-state index contributed by atoms with van der Waals surface area (Å²) in [5.74, 6) is -0.981. The maximum atomic E-state index is 11.7. The maximum Gasteiger partial charge on any atom is 0.408 e. The Kier molecular flexibility index (Phi) is 5.37. The molecule has 2 N–H and O–H groups in total. The number of ether oxygens (including phenoxy) is 1. The molecule has 19 heavy (non-hydrogen) atoms. The van der Waals surface area contributed by atoms with Gasteiger partial charge >= 0.3 is 12.1 Å². The minimum absolute atomic E-state index is 0.188. The largest absolute Gasteiger partial charge is 0.481 e. The van der Waals surface area contributed by atoms with Gasteiger partial charge in [0, 0.05) is 4.88 Å². The van der Waals surface area contributed by atoms with E-state index >= 15 is 0 Å². The van der Waals surface area contributed by atoms with Crippen molar-refractivity contribution >= 4 is 39.3 Å². The number of nitrogens with one attached hydrogen (secondary N) is 1. The fourth-order valence-corrected chi connectivity index (χ4v) is 2.84. The quantitative estimate of drug-likeness (QED) is 0.871. The average Bonchev–Trinajstić information content (AvgIpc) is 2.60. The number of carboxylic acids is 1. The number of aliphatic carboxylic acids is 1. The summed E-state index contributed by atoms with van der Waals surface area (Å²) in [6, 6.07) is 2.99. The number of carboxylic acid groups (broad SMARTS) is 1. The second kappa shape index (κ2) is 6.38. The standard InChI is InChI=1S/C12H16BrNO4S/c1-12(2,3)18-11(17)14-7(6-10(15)16)8-4-5-9(13)19-8/h4-5,7H,6H2,1-3H3,(H,14,17)(H,15,16)/t7-/m1/s1. The lowest BCUT2D eigenvalue weighted by Crippen LogP contribution is -2.35. The molecule has 1 rings (SSSR count). The van der Waals surface area contributed by atoms with Crippen LogP contribution in [0.4, 0.5) is 4.79 Å². The lowest BCUT2D eigenvalue weighted by Gasteiger charge is -2.22. The Morgan fingerprint density at radius 2 is 2.11 bits per heavy atom. The first-order valence-corrected chi connectivity index (χ1v) is 7.25. The fraction of sp³-hybridized carbons (Fsp3) is 0.500. The Bertz CT molecular complexity index is 467. The molecule has 0 fully saturated rings. The van der Waals surface area contributed by atoms with Gasteiger partial charge < -0.3 is 15.2 Å². The minimum Gasteiger partial charge on any atom is -0.481 e.